The monoisotopic (exact) mass is 345 g/mol. The Kier molecular flexibility index (Phi) is 6.16. The van der Waals surface area contributed by atoms with Crippen LogP contribution in [0.5, 0.6) is 0 Å². The number of fused-ring (bicyclic) bond motifs is 1. The van der Waals surface area contributed by atoms with E-state index in [1.807, 2.05) is 0 Å². The third-order valence-corrected chi connectivity index (χ3v) is 5.59. The van der Waals surface area contributed by atoms with Gasteiger partial charge in [0.2, 0.25) is 0 Å². The summed E-state index contributed by atoms with van der Waals surface area (Å²) in [5.74, 6) is 0. The summed E-state index contributed by atoms with van der Waals surface area (Å²) in [5, 5.41) is 0. The Hall–Kier alpha value is -0.940. The maximum atomic E-state index is 5.48. The third kappa shape index (κ3) is 5.27. The molecule has 4 nitrogen and oxygen atoms in total. The first-order valence-corrected chi connectivity index (χ1v) is 9.69. The normalized spacial score (nSPS) is 23.0. The molecule has 1 aromatic rings. The molecule has 3 rings (SSSR count). The van der Waals surface area contributed by atoms with E-state index in [0.29, 0.717) is 11.5 Å². The van der Waals surface area contributed by atoms with Crippen LogP contribution >= 0.6 is 0 Å². The molecule has 1 unspecified atom stereocenters. The van der Waals surface area contributed by atoms with Crippen molar-refractivity contribution in [3.8, 4) is 0 Å². The van der Waals surface area contributed by atoms with Crippen LogP contribution in [0.4, 0.5) is 0 Å². The molecule has 0 aliphatic carbocycles. The molecule has 0 saturated carbocycles. The third-order valence-electron chi connectivity index (χ3n) is 5.59. The van der Waals surface area contributed by atoms with Gasteiger partial charge in [0.25, 0.3) is 0 Å². The summed E-state index contributed by atoms with van der Waals surface area (Å²) in [6.07, 6.45) is 1.17. The topological polar surface area (TPSA) is 19.0 Å². The summed E-state index contributed by atoms with van der Waals surface area (Å²) in [7, 11) is 4.56. The minimum Gasteiger partial charge on any atom is -0.379 e. The molecule has 0 amide bonds. The zero-order valence-electron chi connectivity index (χ0n) is 16.5. The number of hydrogen-bond donors (Lipinski definition) is 0. The first kappa shape index (κ1) is 18.8. The Balaban J connectivity index is 1.52. The molecule has 0 spiro atoms. The highest BCUT2D eigenvalue weighted by atomic mass is 16.5. The van der Waals surface area contributed by atoms with Gasteiger partial charge in [0, 0.05) is 45.3 Å². The van der Waals surface area contributed by atoms with E-state index in [0.717, 1.165) is 52.5 Å². The van der Waals surface area contributed by atoms with Crippen molar-refractivity contribution in [1.82, 2.24) is 14.7 Å². The van der Waals surface area contributed by atoms with Crippen LogP contribution in [0.25, 0.3) is 0 Å². The van der Waals surface area contributed by atoms with Gasteiger partial charge in [-0.2, -0.15) is 0 Å². The molecule has 0 N–H and O–H groups in total. The van der Waals surface area contributed by atoms with Crippen LogP contribution in [0.15, 0.2) is 24.3 Å². The molecule has 2 aliphatic rings. The van der Waals surface area contributed by atoms with Gasteiger partial charge >= 0.3 is 0 Å². The molecule has 25 heavy (non-hydrogen) atoms. The summed E-state index contributed by atoms with van der Waals surface area (Å²) in [6.45, 7) is 13.2. The number of ether oxygens (including phenoxy) is 1. The zero-order valence-corrected chi connectivity index (χ0v) is 16.5. The lowest BCUT2D eigenvalue weighted by atomic mass is 9.90. The molecule has 0 bridgehead atoms. The van der Waals surface area contributed by atoms with Crippen molar-refractivity contribution in [2.75, 3.05) is 60.0 Å². The van der Waals surface area contributed by atoms with E-state index in [1.165, 1.54) is 17.5 Å². The van der Waals surface area contributed by atoms with Crippen molar-refractivity contribution in [2.45, 2.75) is 32.9 Å². The predicted octanol–water partition coefficient (Wildman–Crippen LogP) is 2.33. The first-order chi connectivity index (χ1) is 11.9. The quantitative estimate of drug-likeness (QED) is 0.788. The second-order valence-corrected chi connectivity index (χ2v) is 8.79. The maximum Gasteiger partial charge on any atom is 0.0594 e. The molecular weight excluding hydrogens is 310 g/mol. The van der Waals surface area contributed by atoms with E-state index >= 15 is 0 Å². The predicted molar refractivity (Wildman–Crippen MR) is 104 cm³/mol. The van der Waals surface area contributed by atoms with Crippen molar-refractivity contribution < 1.29 is 4.74 Å². The second-order valence-electron chi connectivity index (χ2n) is 8.79. The SMILES string of the molecule is CN(CC1Cc2ccccc2CN1C)CC(C)(C)CN1CCOCC1. The summed E-state index contributed by atoms with van der Waals surface area (Å²) in [4.78, 5) is 7.61. The number of likely N-dealkylation sites (N-methyl/N-ethyl adjacent to an activating group) is 2. The molecule has 2 aliphatic heterocycles. The Morgan fingerprint density at radius 2 is 1.84 bits per heavy atom. The number of morpholine rings is 1. The van der Waals surface area contributed by atoms with E-state index in [9.17, 15) is 0 Å². The Morgan fingerprint density at radius 3 is 2.56 bits per heavy atom. The number of benzene rings is 1. The Morgan fingerprint density at radius 1 is 1.16 bits per heavy atom. The smallest absolute Gasteiger partial charge is 0.0594 e. The van der Waals surface area contributed by atoms with Crippen molar-refractivity contribution in [3.05, 3.63) is 35.4 Å². The van der Waals surface area contributed by atoms with Gasteiger partial charge in [0.05, 0.1) is 13.2 Å². The Bertz CT molecular complexity index is 554. The van der Waals surface area contributed by atoms with Gasteiger partial charge < -0.3 is 9.64 Å². The van der Waals surface area contributed by atoms with Gasteiger partial charge in [0.1, 0.15) is 0 Å². The largest absolute Gasteiger partial charge is 0.379 e. The van der Waals surface area contributed by atoms with Gasteiger partial charge in [-0.3, -0.25) is 9.80 Å². The number of rotatable bonds is 6. The van der Waals surface area contributed by atoms with Crippen LogP contribution in [0.3, 0.4) is 0 Å². The van der Waals surface area contributed by atoms with Crippen LogP contribution in [-0.2, 0) is 17.7 Å². The standard InChI is InChI=1S/C21H35N3O/c1-21(2,17-24-9-11-25-12-10-24)16-22(3)15-20-13-18-7-5-6-8-19(18)14-23(20)4/h5-8,20H,9-17H2,1-4H3. The lowest BCUT2D eigenvalue weighted by molar-refractivity contribution is 0.0150. The lowest BCUT2D eigenvalue weighted by Crippen LogP contribution is -2.49. The average molecular weight is 346 g/mol. The van der Waals surface area contributed by atoms with Gasteiger partial charge in [-0.1, -0.05) is 38.1 Å². The molecule has 0 radical (unpaired) electrons. The highest BCUT2D eigenvalue weighted by Gasteiger charge is 2.28. The fourth-order valence-electron chi connectivity index (χ4n) is 4.49. The highest BCUT2D eigenvalue weighted by Crippen LogP contribution is 2.24. The van der Waals surface area contributed by atoms with Crippen LogP contribution in [0.2, 0.25) is 0 Å². The summed E-state index contributed by atoms with van der Waals surface area (Å²) in [5.41, 5.74) is 3.33. The second kappa shape index (κ2) is 8.17. The van der Waals surface area contributed by atoms with Crippen LogP contribution in [0, 0.1) is 5.41 Å². The maximum absolute atomic E-state index is 5.48. The fraction of sp³-hybridized carbons (Fsp3) is 0.714. The lowest BCUT2D eigenvalue weighted by Gasteiger charge is -2.40. The van der Waals surface area contributed by atoms with Crippen molar-refractivity contribution in [3.63, 3.8) is 0 Å². The molecule has 1 aromatic carbocycles. The van der Waals surface area contributed by atoms with E-state index in [4.69, 9.17) is 4.74 Å². The molecular formula is C21H35N3O. The van der Waals surface area contributed by atoms with E-state index in [2.05, 4.69) is 66.9 Å². The van der Waals surface area contributed by atoms with Crippen LogP contribution < -0.4 is 0 Å². The summed E-state index contributed by atoms with van der Waals surface area (Å²) < 4.78 is 5.48. The van der Waals surface area contributed by atoms with Gasteiger partial charge in [-0.25, -0.2) is 0 Å². The molecule has 1 saturated heterocycles. The number of nitrogens with zero attached hydrogens (tertiary/aromatic N) is 3. The Labute approximate surface area is 153 Å². The molecule has 140 valence electrons. The van der Waals surface area contributed by atoms with Crippen LogP contribution in [0.1, 0.15) is 25.0 Å². The van der Waals surface area contributed by atoms with Crippen molar-refractivity contribution in [2.24, 2.45) is 5.41 Å². The van der Waals surface area contributed by atoms with E-state index in [1.54, 1.807) is 0 Å². The minimum absolute atomic E-state index is 0.303. The van der Waals surface area contributed by atoms with Gasteiger partial charge in [-0.05, 0) is 37.1 Å². The molecule has 0 aromatic heterocycles. The molecule has 4 heteroatoms. The molecule has 1 fully saturated rings. The summed E-state index contributed by atoms with van der Waals surface area (Å²) >= 11 is 0. The zero-order chi connectivity index (χ0) is 17.9. The van der Waals surface area contributed by atoms with Gasteiger partial charge in [0.15, 0.2) is 0 Å². The number of hydrogen-bond acceptors (Lipinski definition) is 4. The van der Waals surface area contributed by atoms with Crippen molar-refractivity contribution in [1.29, 1.82) is 0 Å². The fourth-order valence-corrected chi connectivity index (χ4v) is 4.49. The molecule has 1 atom stereocenters. The van der Waals surface area contributed by atoms with Crippen molar-refractivity contribution >= 4 is 0 Å². The van der Waals surface area contributed by atoms with Crippen LogP contribution in [-0.4, -0.2) is 80.8 Å². The first-order valence-electron chi connectivity index (χ1n) is 9.69. The van der Waals surface area contributed by atoms with E-state index in [-0.39, 0.29) is 0 Å². The molecule has 2 heterocycles. The average Bonchev–Trinajstić information content (AvgIpc) is 2.55. The highest BCUT2D eigenvalue weighted by molar-refractivity contribution is 5.30. The summed E-state index contributed by atoms with van der Waals surface area (Å²) in [6, 6.07) is 9.53. The van der Waals surface area contributed by atoms with E-state index < -0.39 is 0 Å². The van der Waals surface area contributed by atoms with Gasteiger partial charge in [-0.15, -0.1) is 0 Å². The minimum atomic E-state index is 0.303.